The van der Waals surface area contributed by atoms with Crippen LogP contribution in [0.2, 0.25) is 5.02 Å². The highest BCUT2D eigenvalue weighted by atomic mass is 79.9. The van der Waals surface area contributed by atoms with Gasteiger partial charge in [-0.3, -0.25) is 9.10 Å². The summed E-state index contributed by atoms with van der Waals surface area (Å²) >= 11 is 9.63. The zero-order valence-corrected chi connectivity index (χ0v) is 23.9. The number of hydrogen-bond acceptors (Lipinski definition) is 6. The molecule has 0 atom stereocenters. The minimum atomic E-state index is -3.74. The van der Waals surface area contributed by atoms with E-state index < -0.39 is 22.5 Å². The van der Waals surface area contributed by atoms with Crippen molar-refractivity contribution < 1.29 is 22.7 Å². The fourth-order valence-corrected chi connectivity index (χ4v) is 4.87. The normalized spacial score (nSPS) is 11.4. The van der Waals surface area contributed by atoms with Crippen LogP contribution in [0.3, 0.4) is 0 Å². The Kier molecular flexibility index (Phi) is 9.58. The van der Waals surface area contributed by atoms with Crippen molar-refractivity contribution in [1.29, 1.82) is 0 Å². The van der Waals surface area contributed by atoms with E-state index in [-0.39, 0.29) is 5.69 Å². The molecule has 0 saturated carbocycles. The number of ether oxygens (including phenoxy) is 2. The Morgan fingerprint density at radius 3 is 2.46 bits per heavy atom. The zero-order chi connectivity index (χ0) is 27.2. The number of hydrazone groups is 1. The third-order valence-corrected chi connectivity index (χ3v) is 7.43. The Morgan fingerprint density at radius 2 is 1.84 bits per heavy atom. The van der Waals surface area contributed by atoms with Gasteiger partial charge in [0.2, 0.25) is 10.0 Å². The molecule has 1 amide bonds. The quantitative estimate of drug-likeness (QED) is 0.251. The van der Waals surface area contributed by atoms with Crippen molar-refractivity contribution >= 4 is 55.4 Å². The molecule has 0 aliphatic carbocycles. The molecule has 0 radical (unpaired) electrons. The van der Waals surface area contributed by atoms with Gasteiger partial charge in [0.1, 0.15) is 13.2 Å². The predicted molar refractivity (Wildman–Crippen MR) is 150 cm³/mol. The number of sulfonamides is 1. The second kappa shape index (κ2) is 12.4. The molecule has 0 aliphatic rings. The molecule has 0 heterocycles. The van der Waals surface area contributed by atoms with Crippen LogP contribution in [0.25, 0.3) is 0 Å². The molecule has 8 nitrogen and oxygen atoms in total. The first kappa shape index (κ1) is 28.5. The first-order chi connectivity index (χ1) is 17.5. The molecule has 3 aromatic carbocycles. The van der Waals surface area contributed by atoms with Crippen molar-refractivity contribution in [2.45, 2.75) is 20.5 Å². The summed E-state index contributed by atoms with van der Waals surface area (Å²) in [4.78, 5) is 12.5. The lowest BCUT2D eigenvalue weighted by molar-refractivity contribution is -0.119. The molecule has 196 valence electrons. The van der Waals surface area contributed by atoms with E-state index in [1.165, 1.54) is 25.0 Å². The molecule has 0 aromatic heterocycles. The molecule has 3 rings (SSSR count). The molecule has 11 heteroatoms. The second-order valence-electron chi connectivity index (χ2n) is 8.30. The summed E-state index contributed by atoms with van der Waals surface area (Å²) < 4.78 is 37.6. The van der Waals surface area contributed by atoms with E-state index in [2.05, 4.69) is 26.5 Å². The maximum Gasteiger partial charge on any atom is 0.260 e. The van der Waals surface area contributed by atoms with Crippen LogP contribution < -0.4 is 19.2 Å². The second-order valence-corrected chi connectivity index (χ2v) is 11.5. The third kappa shape index (κ3) is 7.95. The number of nitrogens with zero attached hydrogens (tertiary/aromatic N) is 2. The molecule has 0 spiro atoms. The van der Waals surface area contributed by atoms with E-state index in [1.807, 2.05) is 31.2 Å². The summed E-state index contributed by atoms with van der Waals surface area (Å²) in [5.74, 6) is 0.390. The third-order valence-electron chi connectivity index (χ3n) is 5.29. The van der Waals surface area contributed by atoms with E-state index in [1.54, 1.807) is 31.2 Å². The topological polar surface area (TPSA) is 97.3 Å². The number of nitrogens with one attached hydrogen (secondary N) is 1. The number of rotatable bonds is 10. The average molecular weight is 609 g/mol. The minimum Gasteiger partial charge on any atom is -0.493 e. The number of carbonyl (C=O) groups is 1. The molecule has 0 aliphatic heterocycles. The number of carbonyl (C=O) groups excluding carboxylic acids is 1. The molecule has 0 unspecified atom stereocenters. The van der Waals surface area contributed by atoms with Crippen LogP contribution in [0.15, 0.2) is 64.2 Å². The van der Waals surface area contributed by atoms with Crippen LogP contribution in [0.4, 0.5) is 5.69 Å². The van der Waals surface area contributed by atoms with Crippen molar-refractivity contribution in [3.8, 4) is 11.5 Å². The first-order valence-corrected chi connectivity index (χ1v) is 14.1. The van der Waals surface area contributed by atoms with Gasteiger partial charge >= 0.3 is 0 Å². The highest BCUT2D eigenvalue weighted by molar-refractivity contribution is 9.10. The summed E-state index contributed by atoms with van der Waals surface area (Å²) in [6, 6.07) is 16.3. The Balaban J connectivity index is 1.68. The Bertz CT molecular complexity index is 1410. The summed E-state index contributed by atoms with van der Waals surface area (Å²) in [5.41, 5.74) is 6.24. The van der Waals surface area contributed by atoms with Crippen LogP contribution in [0.1, 0.15) is 22.3 Å². The van der Waals surface area contributed by atoms with Gasteiger partial charge in [-0.25, -0.2) is 13.8 Å². The molecule has 0 bridgehead atoms. The number of halogens is 2. The van der Waals surface area contributed by atoms with Gasteiger partial charge in [0.05, 0.1) is 29.7 Å². The molecule has 0 fully saturated rings. The van der Waals surface area contributed by atoms with E-state index >= 15 is 0 Å². The van der Waals surface area contributed by atoms with Crippen molar-refractivity contribution in [3.63, 3.8) is 0 Å². The van der Waals surface area contributed by atoms with Gasteiger partial charge in [0.15, 0.2) is 11.5 Å². The number of aryl methyl sites for hydroxylation is 2. The number of benzene rings is 3. The van der Waals surface area contributed by atoms with E-state index in [0.29, 0.717) is 33.2 Å². The minimum absolute atomic E-state index is 0.284. The smallest absolute Gasteiger partial charge is 0.260 e. The van der Waals surface area contributed by atoms with Gasteiger partial charge in [0.25, 0.3) is 5.91 Å². The van der Waals surface area contributed by atoms with Gasteiger partial charge in [-0.2, -0.15) is 5.10 Å². The maximum atomic E-state index is 12.5. The van der Waals surface area contributed by atoms with E-state index in [4.69, 9.17) is 21.1 Å². The molecular weight excluding hydrogens is 582 g/mol. The summed E-state index contributed by atoms with van der Waals surface area (Å²) in [6.45, 7) is 3.72. The Morgan fingerprint density at radius 1 is 1.14 bits per heavy atom. The number of methoxy groups -OCH3 is 1. The monoisotopic (exact) mass is 607 g/mol. The predicted octanol–water partition coefficient (Wildman–Crippen LogP) is 5.22. The van der Waals surface area contributed by atoms with Crippen LogP contribution in [-0.4, -0.2) is 40.4 Å². The van der Waals surface area contributed by atoms with Gasteiger partial charge < -0.3 is 9.47 Å². The van der Waals surface area contributed by atoms with Crippen LogP contribution in [0, 0.1) is 13.8 Å². The van der Waals surface area contributed by atoms with Crippen LogP contribution in [0.5, 0.6) is 11.5 Å². The fourth-order valence-electron chi connectivity index (χ4n) is 3.28. The highest BCUT2D eigenvalue weighted by Crippen LogP contribution is 2.37. The lowest BCUT2D eigenvalue weighted by atomic mass is 10.2. The number of amides is 1. The highest BCUT2D eigenvalue weighted by Gasteiger charge is 2.21. The zero-order valence-electron chi connectivity index (χ0n) is 20.8. The van der Waals surface area contributed by atoms with Gasteiger partial charge in [-0.1, -0.05) is 47.5 Å². The lowest BCUT2D eigenvalue weighted by Gasteiger charge is -2.21. The molecule has 37 heavy (non-hydrogen) atoms. The van der Waals surface area contributed by atoms with Crippen LogP contribution in [-0.2, 0) is 21.4 Å². The molecule has 1 N–H and O–H groups in total. The van der Waals surface area contributed by atoms with Crippen molar-refractivity contribution in [2.75, 3.05) is 24.2 Å². The number of hydrogen-bond donors (Lipinski definition) is 1. The SMILES string of the molecule is COc1cc(/C=N\NC(=O)CN(c2ccc(C)c(Cl)c2)S(C)(=O)=O)cc(Br)c1OCc1ccc(C)cc1. The molecule has 3 aromatic rings. The van der Waals surface area contributed by atoms with Crippen molar-refractivity contribution in [2.24, 2.45) is 5.10 Å². The van der Waals surface area contributed by atoms with Crippen molar-refractivity contribution in [3.05, 3.63) is 86.3 Å². The largest absolute Gasteiger partial charge is 0.493 e. The van der Waals surface area contributed by atoms with Gasteiger partial charge in [-0.05, 0) is 70.7 Å². The average Bonchev–Trinajstić information content (AvgIpc) is 2.83. The summed E-state index contributed by atoms with van der Waals surface area (Å²) in [5, 5.41) is 4.36. The van der Waals surface area contributed by atoms with Crippen molar-refractivity contribution in [1.82, 2.24) is 5.43 Å². The standard InChI is InChI=1S/C26H27BrClN3O5S/c1-17-5-8-19(9-6-17)16-36-26-22(27)11-20(12-24(26)35-3)14-29-30-25(32)15-31(37(4,33)34)21-10-7-18(2)23(28)13-21/h5-14H,15-16H2,1-4H3,(H,30,32)/b29-14-. The van der Waals surface area contributed by atoms with Crippen LogP contribution >= 0.6 is 27.5 Å². The molecule has 0 saturated heterocycles. The van der Waals surface area contributed by atoms with Gasteiger partial charge in [-0.15, -0.1) is 0 Å². The lowest BCUT2D eigenvalue weighted by Crippen LogP contribution is -2.39. The van der Waals surface area contributed by atoms with E-state index in [0.717, 1.165) is 21.7 Å². The Labute approximate surface area is 230 Å². The molecular formula is C26H27BrClN3O5S. The van der Waals surface area contributed by atoms with E-state index in [9.17, 15) is 13.2 Å². The maximum absolute atomic E-state index is 12.5. The fraction of sp³-hybridized carbons (Fsp3) is 0.231. The summed E-state index contributed by atoms with van der Waals surface area (Å²) in [6.07, 6.45) is 2.44. The Hall–Kier alpha value is -3.08. The number of anilines is 1. The van der Waals surface area contributed by atoms with Gasteiger partial charge in [0, 0.05) is 5.02 Å². The summed E-state index contributed by atoms with van der Waals surface area (Å²) in [7, 11) is -2.21. The first-order valence-electron chi connectivity index (χ1n) is 11.1.